The summed E-state index contributed by atoms with van der Waals surface area (Å²) in [6.07, 6.45) is 1.89. The number of aryl methyl sites for hydroxylation is 1. The normalized spacial score (nSPS) is 11.7. The molecule has 0 heterocycles. The lowest BCUT2D eigenvalue weighted by Crippen LogP contribution is -2.32. The van der Waals surface area contributed by atoms with Crippen molar-refractivity contribution in [3.63, 3.8) is 0 Å². The van der Waals surface area contributed by atoms with Crippen LogP contribution >= 0.6 is 0 Å². The molecule has 0 saturated heterocycles. The molecule has 1 amide bonds. The summed E-state index contributed by atoms with van der Waals surface area (Å²) in [7, 11) is 0. The zero-order chi connectivity index (χ0) is 15.8. The van der Waals surface area contributed by atoms with Crippen molar-refractivity contribution in [3.05, 3.63) is 65.7 Å². The third-order valence-electron chi connectivity index (χ3n) is 3.51. The largest absolute Gasteiger partial charge is 0.494 e. The van der Waals surface area contributed by atoms with Crippen LogP contribution in [0.2, 0.25) is 0 Å². The van der Waals surface area contributed by atoms with Crippen molar-refractivity contribution in [2.24, 2.45) is 0 Å². The van der Waals surface area contributed by atoms with E-state index < -0.39 is 0 Å². The summed E-state index contributed by atoms with van der Waals surface area (Å²) in [4.78, 5) is 12.2. The average molecular weight is 297 g/mol. The van der Waals surface area contributed by atoms with Gasteiger partial charge in [0.25, 0.3) is 5.91 Å². The molecule has 116 valence electrons. The number of rotatable bonds is 7. The highest BCUT2D eigenvalue weighted by Gasteiger charge is 2.10. The van der Waals surface area contributed by atoms with E-state index in [4.69, 9.17) is 4.74 Å². The minimum atomic E-state index is -0.0383. The number of carbonyl (C=O) groups is 1. The Kier molecular flexibility index (Phi) is 6.01. The minimum absolute atomic E-state index is 0.0383. The van der Waals surface area contributed by atoms with Crippen LogP contribution in [0.1, 0.15) is 36.2 Å². The molecular formula is C19H23NO2. The Bertz CT molecular complexity index is 578. The van der Waals surface area contributed by atoms with Gasteiger partial charge in [0.2, 0.25) is 0 Å². The average Bonchev–Trinajstić information content (AvgIpc) is 2.55. The standard InChI is InChI=1S/C19H23NO2/c1-3-22-18-13-11-17(12-14-18)19(21)20-15(2)9-10-16-7-5-4-6-8-16/h4-8,11-15H,3,9-10H2,1-2H3,(H,20,21). The molecule has 0 bridgehead atoms. The van der Waals surface area contributed by atoms with Gasteiger partial charge in [-0.3, -0.25) is 4.79 Å². The van der Waals surface area contributed by atoms with Gasteiger partial charge in [0.1, 0.15) is 5.75 Å². The van der Waals surface area contributed by atoms with Crippen molar-refractivity contribution in [3.8, 4) is 5.75 Å². The first-order valence-electron chi connectivity index (χ1n) is 7.76. The van der Waals surface area contributed by atoms with Crippen LogP contribution in [0.3, 0.4) is 0 Å². The van der Waals surface area contributed by atoms with E-state index >= 15 is 0 Å². The van der Waals surface area contributed by atoms with Crippen LogP contribution in [0.4, 0.5) is 0 Å². The van der Waals surface area contributed by atoms with Gasteiger partial charge in [0.05, 0.1) is 6.61 Å². The Morgan fingerprint density at radius 2 is 1.77 bits per heavy atom. The van der Waals surface area contributed by atoms with Crippen LogP contribution < -0.4 is 10.1 Å². The molecule has 1 unspecified atom stereocenters. The van der Waals surface area contributed by atoms with Crippen molar-refractivity contribution in [2.45, 2.75) is 32.7 Å². The molecule has 2 aromatic rings. The molecule has 1 atom stereocenters. The van der Waals surface area contributed by atoms with Gasteiger partial charge in [-0.2, -0.15) is 0 Å². The van der Waals surface area contributed by atoms with Crippen LogP contribution in [0.25, 0.3) is 0 Å². The Labute approximate surface area is 132 Å². The molecule has 2 rings (SSSR count). The van der Waals surface area contributed by atoms with Gasteiger partial charge in [-0.1, -0.05) is 30.3 Å². The Morgan fingerprint density at radius 3 is 2.41 bits per heavy atom. The van der Waals surface area contributed by atoms with Gasteiger partial charge in [0, 0.05) is 11.6 Å². The third-order valence-corrected chi connectivity index (χ3v) is 3.51. The van der Waals surface area contributed by atoms with Crippen LogP contribution in [-0.2, 0) is 6.42 Å². The highest BCUT2D eigenvalue weighted by molar-refractivity contribution is 5.94. The lowest BCUT2D eigenvalue weighted by Gasteiger charge is -2.14. The first-order valence-corrected chi connectivity index (χ1v) is 7.76. The Balaban J connectivity index is 1.82. The first-order chi connectivity index (χ1) is 10.7. The second kappa shape index (κ2) is 8.23. The van der Waals surface area contributed by atoms with E-state index in [1.165, 1.54) is 5.56 Å². The number of carbonyl (C=O) groups excluding carboxylic acids is 1. The van der Waals surface area contributed by atoms with E-state index in [2.05, 4.69) is 17.4 Å². The summed E-state index contributed by atoms with van der Waals surface area (Å²) >= 11 is 0. The van der Waals surface area contributed by atoms with Gasteiger partial charge in [0.15, 0.2) is 0 Å². The van der Waals surface area contributed by atoms with Gasteiger partial charge in [-0.25, -0.2) is 0 Å². The van der Waals surface area contributed by atoms with E-state index in [0.29, 0.717) is 12.2 Å². The highest BCUT2D eigenvalue weighted by atomic mass is 16.5. The van der Waals surface area contributed by atoms with E-state index in [9.17, 15) is 4.79 Å². The molecule has 0 aliphatic rings. The SMILES string of the molecule is CCOc1ccc(C(=O)NC(C)CCc2ccccc2)cc1. The van der Waals surface area contributed by atoms with Gasteiger partial charge in [-0.15, -0.1) is 0 Å². The Hall–Kier alpha value is -2.29. The maximum Gasteiger partial charge on any atom is 0.251 e. The van der Waals surface area contributed by atoms with Gasteiger partial charge < -0.3 is 10.1 Å². The second-order valence-electron chi connectivity index (χ2n) is 5.36. The maximum atomic E-state index is 12.2. The summed E-state index contributed by atoms with van der Waals surface area (Å²) in [5, 5.41) is 3.04. The fourth-order valence-corrected chi connectivity index (χ4v) is 2.28. The number of hydrogen-bond acceptors (Lipinski definition) is 2. The predicted octanol–water partition coefficient (Wildman–Crippen LogP) is 3.84. The molecular weight excluding hydrogens is 274 g/mol. The number of ether oxygens (including phenoxy) is 1. The zero-order valence-electron chi connectivity index (χ0n) is 13.2. The second-order valence-corrected chi connectivity index (χ2v) is 5.36. The molecule has 0 radical (unpaired) electrons. The Morgan fingerprint density at radius 1 is 1.09 bits per heavy atom. The number of benzene rings is 2. The van der Waals surface area contributed by atoms with Gasteiger partial charge in [-0.05, 0) is 56.5 Å². The molecule has 3 nitrogen and oxygen atoms in total. The molecule has 0 saturated carbocycles. The van der Waals surface area contributed by atoms with Crippen molar-refractivity contribution >= 4 is 5.91 Å². The van der Waals surface area contributed by atoms with E-state index in [1.807, 2.05) is 44.2 Å². The monoisotopic (exact) mass is 297 g/mol. The number of amides is 1. The zero-order valence-corrected chi connectivity index (χ0v) is 13.2. The molecule has 0 aliphatic carbocycles. The summed E-state index contributed by atoms with van der Waals surface area (Å²) < 4.78 is 5.38. The highest BCUT2D eigenvalue weighted by Crippen LogP contribution is 2.12. The topological polar surface area (TPSA) is 38.3 Å². The predicted molar refractivity (Wildman–Crippen MR) is 89.3 cm³/mol. The molecule has 0 aromatic heterocycles. The number of hydrogen-bond donors (Lipinski definition) is 1. The summed E-state index contributed by atoms with van der Waals surface area (Å²) in [6.45, 7) is 4.60. The molecule has 1 N–H and O–H groups in total. The minimum Gasteiger partial charge on any atom is -0.494 e. The molecule has 2 aromatic carbocycles. The smallest absolute Gasteiger partial charge is 0.251 e. The van der Waals surface area contributed by atoms with Crippen molar-refractivity contribution in [1.29, 1.82) is 0 Å². The summed E-state index contributed by atoms with van der Waals surface area (Å²) in [5.74, 6) is 0.750. The van der Waals surface area contributed by atoms with E-state index in [-0.39, 0.29) is 11.9 Å². The molecule has 0 aliphatic heterocycles. The third kappa shape index (κ3) is 4.92. The van der Waals surface area contributed by atoms with Crippen LogP contribution in [0, 0.1) is 0 Å². The van der Waals surface area contributed by atoms with Crippen LogP contribution in [0.15, 0.2) is 54.6 Å². The van der Waals surface area contributed by atoms with E-state index in [0.717, 1.165) is 18.6 Å². The van der Waals surface area contributed by atoms with Gasteiger partial charge >= 0.3 is 0 Å². The van der Waals surface area contributed by atoms with Crippen LogP contribution in [-0.4, -0.2) is 18.6 Å². The van der Waals surface area contributed by atoms with Crippen molar-refractivity contribution in [1.82, 2.24) is 5.32 Å². The fraction of sp³-hybridized carbons (Fsp3) is 0.316. The molecule has 0 spiro atoms. The molecule has 3 heteroatoms. The fourth-order valence-electron chi connectivity index (χ4n) is 2.28. The van der Waals surface area contributed by atoms with E-state index in [1.54, 1.807) is 12.1 Å². The lowest BCUT2D eigenvalue weighted by atomic mass is 10.1. The maximum absolute atomic E-state index is 12.2. The summed E-state index contributed by atoms with van der Waals surface area (Å²) in [5.41, 5.74) is 1.96. The van der Waals surface area contributed by atoms with Crippen LogP contribution in [0.5, 0.6) is 5.75 Å². The lowest BCUT2D eigenvalue weighted by molar-refractivity contribution is 0.0938. The molecule has 22 heavy (non-hydrogen) atoms. The first kappa shape index (κ1) is 16.1. The number of nitrogens with one attached hydrogen (secondary N) is 1. The van der Waals surface area contributed by atoms with Crippen molar-refractivity contribution < 1.29 is 9.53 Å². The quantitative estimate of drug-likeness (QED) is 0.843. The molecule has 0 fully saturated rings. The summed E-state index contributed by atoms with van der Waals surface area (Å²) in [6, 6.07) is 17.7. The van der Waals surface area contributed by atoms with Crippen molar-refractivity contribution in [2.75, 3.05) is 6.61 Å².